The molecule has 2 fully saturated rings. The minimum absolute atomic E-state index is 0.399. The first-order chi connectivity index (χ1) is 6.54. The number of alkyl halides is 3. The molecule has 1 N–H and O–H groups in total. The molecule has 0 amide bonds. The maximum absolute atomic E-state index is 12.1. The van der Waals surface area contributed by atoms with Crippen molar-refractivity contribution in [2.75, 3.05) is 13.1 Å². The van der Waals surface area contributed by atoms with Gasteiger partial charge in [-0.05, 0) is 32.2 Å². The van der Waals surface area contributed by atoms with Crippen molar-refractivity contribution in [1.29, 1.82) is 0 Å². The second-order valence-electron chi connectivity index (χ2n) is 4.21. The zero-order valence-corrected chi connectivity index (χ0v) is 7.98. The van der Waals surface area contributed by atoms with Crippen molar-refractivity contribution in [3.8, 4) is 0 Å². The number of piperidine rings is 1. The van der Waals surface area contributed by atoms with Gasteiger partial charge in [0.15, 0.2) is 0 Å². The SMILES string of the molecule is FC(F)(F)NC1CCCN(C2CC2)C1. The van der Waals surface area contributed by atoms with E-state index in [0.717, 1.165) is 13.0 Å². The maximum atomic E-state index is 12.1. The number of nitrogens with one attached hydrogen (secondary N) is 1. The molecule has 1 atom stereocenters. The van der Waals surface area contributed by atoms with Crippen LogP contribution in [0.1, 0.15) is 25.7 Å². The maximum Gasteiger partial charge on any atom is 0.457 e. The van der Waals surface area contributed by atoms with Crippen molar-refractivity contribution in [3.05, 3.63) is 0 Å². The summed E-state index contributed by atoms with van der Waals surface area (Å²) in [7, 11) is 0. The van der Waals surface area contributed by atoms with Gasteiger partial charge in [0.05, 0.1) is 0 Å². The highest BCUT2D eigenvalue weighted by atomic mass is 19.4. The Morgan fingerprint density at radius 1 is 1.14 bits per heavy atom. The lowest BCUT2D eigenvalue weighted by Crippen LogP contribution is -2.50. The fourth-order valence-electron chi connectivity index (χ4n) is 2.13. The van der Waals surface area contributed by atoms with Crippen LogP contribution in [0.15, 0.2) is 0 Å². The number of hydrogen-bond acceptors (Lipinski definition) is 2. The van der Waals surface area contributed by atoms with Crippen LogP contribution in [0.5, 0.6) is 0 Å². The van der Waals surface area contributed by atoms with Gasteiger partial charge in [0, 0.05) is 18.6 Å². The number of rotatable bonds is 2. The first-order valence-corrected chi connectivity index (χ1v) is 5.13. The van der Waals surface area contributed by atoms with Gasteiger partial charge in [-0.1, -0.05) is 0 Å². The summed E-state index contributed by atoms with van der Waals surface area (Å²) < 4.78 is 36.2. The Morgan fingerprint density at radius 2 is 1.86 bits per heavy atom. The third-order valence-electron chi connectivity index (χ3n) is 2.88. The molecule has 0 aromatic rings. The molecule has 1 aliphatic carbocycles. The summed E-state index contributed by atoms with van der Waals surface area (Å²) in [6.45, 7) is 1.53. The van der Waals surface area contributed by atoms with Gasteiger partial charge in [0.1, 0.15) is 0 Å². The van der Waals surface area contributed by atoms with Gasteiger partial charge in [-0.15, -0.1) is 0 Å². The van der Waals surface area contributed by atoms with E-state index in [4.69, 9.17) is 0 Å². The summed E-state index contributed by atoms with van der Waals surface area (Å²) in [5.41, 5.74) is 0. The van der Waals surface area contributed by atoms with Crippen molar-refractivity contribution in [3.63, 3.8) is 0 Å². The van der Waals surface area contributed by atoms with E-state index in [0.29, 0.717) is 19.0 Å². The van der Waals surface area contributed by atoms with E-state index < -0.39 is 12.3 Å². The molecule has 0 aromatic carbocycles. The Balaban J connectivity index is 1.81. The van der Waals surface area contributed by atoms with Crippen molar-refractivity contribution in [2.24, 2.45) is 0 Å². The minimum atomic E-state index is -4.22. The Labute approximate surface area is 81.5 Å². The molecule has 1 unspecified atom stereocenters. The van der Waals surface area contributed by atoms with Gasteiger partial charge in [-0.25, -0.2) is 5.32 Å². The van der Waals surface area contributed by atoms with E-state index in [2.05, 4.69) is 4.90 Å². The highest BCUT2D eigenvalue weighted by Crippen LogP contribution is 2.29. The van der Waals surface area contributed by atoms with Gasteiger partial charge in [0.25, 0.3) is 0 Å². The Bertz CT molecular complexity index is 201. The van der Waals surface area contributed by atoms with E-state index in [1.165, 1.54) is 12.8 Å². The molecular weight excluding hydrogens is 193 g/mol. The third-order valence-corrected chi connectivity index (χ3v) is 2.88. The molecule has 0 radical (unpaired) electrons. The minimum Gasteiger partial charge on any atom is -0.299 e. The lowest BCUT2D eigenvalue weighted by Gasteiger charge is -2.33. The van der Waals surface area contributed by atoms with Crippen LogP contribution in [-0.4, -0.2) is 36.4 Å². The number of hydrogen-bond donors (Lipinski definition) is 1. The molecule has 2 rings (SSSR count). The van der Waals surface area contributed by atoms with Crippen molar-refractivity contribution >= 4 is 0 Å². The lowest BCUT2D eigenvalue weighted by molar-refractivity contribution is -0.167. The van der Waals surface area contributed by atoms with Crippen LogP contribution < -0.4 is 5.32 Å². The summed E-state index contributed by atoms with van der Waals surface area (Å²) in [4.78, 5) is 2.19. The summed E-state index contributed by atoms with van der Waals surface area (Å²) in [5, 5.41) is 1.73. The van der Waals surface area contributed by atoms with Gasteiger partial charge in [-0.2, -0.15) is 13.2 Å². The third kappa shape index (κ3) is 2.85. The van der Waals surface area contributed by atoms with E-state index in [9.17, 15) is 13.2 Å². The first-order valence-electron chi connectivity index (χ1n) is 5.13. The zero-order valence-electron chi connectivity index (χ0n) is 7.98. The zero-order chi connectivity index (χ0) is 10.2. The number of nitrogens with zero attached hydrogens (tertiary/aromatic N) is 1. The second-order valence-corrected chi connectivity index (χ2v) is 4.21. The van der Waals surface area contributed by atoms with Crippen LogP contribution in [0.25, 0.3) is 0 Å². The Morgan fingerprint density at radius 3 is 2.43 bits per heavy atom. The van der Waals surface area contributed by atoms with E-state index in [1.807, 2.05) is 0 Å². The molecular formula is C9H15F3N2. The molecule has 5 heteroatoms. The predicted octanol–water partition coefficient (Wildman–Crippen LogP) is 1.72. The largest absolute Gasteiger partial charge is 0.457 e. The van der Waals surface area contributed by atoms with Crippen LogP contribution in [0.4, 0.5) is 13.2 Å². The second kappa shape index (κ2) is 3.70. The van der Waals surface area contributed by atoms with Gasteiger partial charge in [-0.3, -0.25) is 4.90 Å². The fourth-order valence-corrected chi connectivity index (χ4v) is 2.13. The number of likely N-dealkylation sites (tertiary alicyclic amines) is 1. The highest BCUT2D eigenvalue weighted by Gasteiger charge is 2.36. The lowest BCUT2D eigenvalue weighted by atomic mass is 10.1. The fraction of sp³-hybridized carbons (Fsp3) is 1.00. The van der Waals surface area contributed by atoms with Crippen LogP contribution in [0, 0.1) is 0 Å². The van der Waals surface area contributed by atoms with Crippen molar-refractivity contribution in [1.82, 2.24) is 10.2 Å². The molecule has 2 nitrogen and oxygen atoms in total. The molecule has 1 heterocycles. The molecule has 2 aliphatic rings. The summed E-state index contributed by atoms with van der Waals surface area (Å²) in [6.07, 6.45) is -0.373. The molecule has 0 aromatic heterocycles. The Hall–Kier alpha value is -0.290. The van der Waals surface area contributed by atoms with Crippen LogP contribution in [-0.2, 0) is 0 Å². The van der Waals surface area contributed by atoms with Gasteiger partial charge in [0.2, 0.25) is 0 Å². The molecule has 1 aliphatic heterocycles. The van der Waals surface area contributed by atoms with Gasteiger partial charge < -0.3 is 0 Å². The van der Waals surface area contributed by atoms with E-state index >= 15 is 0 Å². The summed E-state index contributed by atoms with van der Waals surface area (Å²) in [5.74, 6) is 0. The molecule has 82 valence electrons. The van der Waals surface area contributed by atoms with Crippen LogP contribution in [0.3, 0.4) is 0 Å². The van der Waals surface area contributed by atoms with Gasteiger partial charge >= 0.3 is 6.30 Å². The molecule has 1 saturated carbocycles. The molecule has 1 saturated heterocycles. The van der Waals surface area contributed by atoms with Crippen LogP contribution in [0.2, 0.25) is 0 Å². The Kier molecular flexibility index (Phi) is 2.70. The van der Waals surface area contributed by atoms with Crippen molar-refractivity contribution < 1.29 is 13.2 Å². The number of halogens is 3. The average molecular weight is 208 g/mol. The van der Waals surface area contributed by atoms with Crippen molar-refractivity contribution in [2.45, 2.75) is 44.1 Å². The predicted molar refractivity (Wildman–Crippen MR) is 46.8 cm³/mol. The summed E-state index contributed by atoms with van der Waals surface area (Å²) >= 11 is 0. The topological polar surface area (TPSA) is 15.3 Å². The smallest absolute Gasteiger partial charge is 0.299 e. The van der Waals surface area contributed by atoms with E-state index in [-0.39, 0.29) is 0 Å². The normalized spacial score (nSPS) is 30.6. The molecule has 0 bridgehead atoms. The quantitative estimate of drug-likeness (QED) is 0.695. The molecule has 14 heavy (non-hydrogen) atoms. The molecule has 0 spiro atoms. The first kappa shape index (κ1) is 10.2. The standard InChI is InChI=1S/C9H15F3N2/c10-9(11,12)13-7-2-1-5-14(6-7)8-3-4-8/h7-8,13H,1-6H2. The van der Waals surface area contributed by atoms with E-state index in [1.54, 1.807) is 5.32 Å². The monoisotopic (exact) mass is 208 g/mol. The average Bonchev–Trinajstić information content (AvgIpc) is 2.83. The van der Waals surface area contributed by atoms with Crippen LogP contribution >= 0.6 is 0 Å². The summed E-state index contributed by atoms with van der Waals surface area (Å²) in [6, 6.07) is 0.178. The highest BCUT2D eigenvalue weighted by molar-refractivity contribution is 4.89.